The van der Waals surface area contributed by atoms with Gasteiger partial charge < -0.3 is 4.74 Å². The van der Waals surface area contributed by atoms with Gasteiger partial charge in [0.2, 0.25) is 0 Å². The van der Waals surface area contributed by atoms with E-state index < -0.39 is 0 Å². The average molecular weight is 262 g/mol. The van der Waals surface area contributed by atoms with E-state index in [1.54, 1.807) is 0 Å². The minimum atomic E-state index is -0.123. The highest BCUT2D eigenvalue weighted by Gasteiger charge is 2.16. The van der Waals surface area contributed by atoms with E-state index >= 15 is 0 Å². The minimum Gasteiger partial charge on any atom is -0.426 e. The molecule has 1 atom stereocenters. The largest absolute Gasteiger partial charge is 0.426 e. The predicted octanol–water partition coefficient (Wildman–Crippen LogP) is 4.83. The Labute approximate surface area is 117 Å². The summed E-state index contributed by atoms with van der Waals surface area (Å²) in [6.45, 7) is 8.70. The monoisotopic (exact) mass is 262 g/mol. The van der Waals surface area contributed by atoms with E-state index in [4.69, 9.17) is 4.74 Å². The normalized spacial score (nSPS) is 13.1. The number of carbonyl (C=O) groups excluding carboxylic acids is 1. The summed E-state index contributed by atoms with van der Waals surface area (Å²) in [6, 6.07) is 9.27. The van der Waals surface area contributed by atoms with E-state index in [1.807, 2.05) is 37.3 Å². The standard InChI is InChI=1S/C17H26O2/c1-14(10-8-9-13-17(2,3)4)16(18)19-15-11-6-5-7-12-15/h5-7,11-12,14H,8-10,13H2,1-4H3. The molecule has 0 fully saturated rings. The van der Waals surface area contributed by atoms with Gasteiger partial charge in [0.25, 0.3) is 0 Å². The van der Waals surface area contributed by atoms with Crippen LogP contribution >= 0.6 is 0 Å². The van der Waals surface area contributed by atoms with Gasteiger partial charge in [0.15, 0.2) is 0 Å². The lowest BCUT2D eigenvalue weighted by molar-refractivity contribution is -0.138. The summed E-state index contributed by atoms with van der Waals surface area (Å²) >= 11 is 0. The van der Waals surface area contributed by atoms with Gasteiger partial charge in [0.05, 0.1) is 5.92 Å². The molecule has 1 aromatic carbocycles. The Morgan fingerprint density at radius 1 is 1.16 bits per heavy atom. The first kappa shape index (κ1) is 15.7. The zero-order valence-corrected chi connectivity index (χ0v) is 12.6. The summed E-state index contributed by atoms with van der Waals surface area (Å²) in [6.07, 6.45) is 4.37. The molecule has 0 saturated heterocycles. The summed E-state index contributed by atoms with van der Waals surface area (Å²) < 4.78 is 5.34. The number of carbonyl (C=O) groups is 1. The molecule has 2 nitrogen and oxygen atoms in total. The Morgan fingerprint density at radius 2 is 1.79 bits per heavy atom. The minimum absolute atomic E-state index is 0.0276. The van der Waals surface area contributed by atoms with Crippen molar-refractivity contribution in [3.05, 3.63) is 30.3 Å². The first-order chi connectivity index (χ1) is 8.88. The quantitative estimate of drug-likeness (QED) is 0.417. The molecule has 0 heterocycles. The maximum absolute atomic E-state index is 11.9. The Kier molecular flexibility index (Phi) is 6.07. The summed E-state index contributed by atoms with van der Waals surface area (Å²) in [7, 11) is 0. The van der Waals surface area contributed by atoms with E-state index in [0.29, 0.717) is 11.2 Å². The second-order valence-electron chi connectivity index (χ2n) is 6.44. The SMILES string of the molecule is CC(CCCCC(C)(C)C)C(=O)Oc1ccccc1. The van der Waals surface area contributed by atoms with Crippen LogP contribution in [0.25, 0.3) is 0 Å². The van der Waals surface area contributed by atoms with Crippen LogP contribution in [-0.2, 0) is 4.79 Å². The number of hydrogen-bond acceptors (Lipinski definition) is 2. The van der Waals surface area contributed by atoms with Gasteiger partial charge in [-0.15, -0.1) is 0 Å². The Bertz CT molecular complexity index is 376. The number of ether oxygens (including phenoxy) is 1. The molecule has 0 bridgehead atoms. The molecular weight excluding hydrogens is 236 g/mol. The van der Waals surface area contributed by atoms with Gasteiger partial charge in [0, 0.05) is 0 Å². The number of unbranched alkanes of at least 4 members (excludes halogenated alkanes) is 1. The second kappa shape index (κ2) is 7.32. The molecule has 0 aliphatic carbocycles. The van der Waals surface area contributed by atoms with Crippen molar-refractivity contribution in [2.24, 2.45) is 11.3 Å². The van der Waals surface area contributed by atoms with Crippen molar-refractivity contribution < 1.29 is 9.53 Å². The molecule has 1 unspecified atom stereocenters. The lowest BCUT2D eigenvalue weighted by Crippen LogP contribution is -2.18. The number of esters is 1. The lowest BCUT2D eigenvalue weighted by Gasteiger charge is -2.18. The molecular formula is C17H26O2. The highest BCUT2D eigenvalue weighted by molar-refractivity contribution is 5.74. The van der Waals surface area contributed by atoms with Crippen LogP contribution < -0.4 is 4.74 Å². The molecule has 0 radical (unpaired) electrons. The first-order valence-electron chi connectivity index (χ1n) is 7.15. The Morgan fingerprint density at radius 3 is 2.37 bits per heavy atom. The molecule has 19 heavy (non-hydrogen) atoms. The van der Waals surface area contributed by atoms with Crippen LogP contribution in [0.4, 0.5) is 0 Å². The van der Waals surface area contributed by atoms with E-state index in [-0.39, 0.29) is 11.9 Å². The molecule has 0 spiro atoms. The summed E-state index contributed by atoms with van der Waals surface area (Å²) in [5, 5.41) is 0. The zero-order chi connectivity index (χ0) is 14.3. The highest BCUT2D eigenvalue weighted by atomic mass is 16.5. The molecule has 1 aromatic rings. The van der Waals surface area contributed by atoms with Crippen LogP contribution in [0.15, 0.2) is 30.3 Å². The molecule has 0 N–H and O–H groups in total. The third kappa shape index (κ3) is 7.00. The third-order valence-corrected chi connectivity index (χ3v) is 3.18. The van der Waals surface area contributed by atoms with Crippen LogP contribution in [0, 0.1) is 11.3 Å². The number of para-hydroxylation sites is 1. The fourth-order valence-corrected chi connectivity index (χ4v) is 1.93. The topological polar surface area (TPSA) is 26.3 Å². The maximum atomic E-state index is 11.9. The van der Waals surface area contributed by atoms with E-state index in [1.165, 1.54) is 12.8 Å². The van der Waals surface area contributed by atoms with Gasteiger partial charge in [-0.1, -0.05) is 58.7 Å². The molecule has 2 heteroatoms. The molecule has 0 saturated carbocycles. The van der Waals surface area contributed by atoms with Crippen molar-refractivity contribution in [2.75, 3.05) is 0 Å². The number of rotatable bonds is 6. The summed E-state index contributed by atoms with van der Waals surface area (Å²) in [4.78, 5) is 11.9. The molecule has 106 valence electrons. The fourth-order valence-electron chi connectivity index (χ4n) is 1.93. The number of benzene rings is 1. The predicted molar refractivity (Wildman–Crippen MR) is 79.2 cm³/mol. The summed E-state index contributed by atoms with van der Waals surface area (Å²) in [5.41, 5.74) is 0.383. The maximum Gasteiger partial charge on any atom is 0.314 e. The first-order valence-corrected chi connectivity index (χ1v) is 7.15. The van der Waals surface area contributed by atoms with Crippen molar-refractivity contribution in [1.82, 2.24) is 0 Å². The van der Waals surface area contributed by atoms with Crippen molar-refractivity contribution >= 4 is 5.97 Å². The zero-order valence-electron chi connectivity index (χ0n) is 12.6. The molecule has 0 amide bonds. The Hall–Kier alpha value is -1.31. The molecule has 0 aromatic heterocycles. The smallest absolute Gasteiger partial charge is 0.314 e. The van der Waals surface area contributed by atoms with E-state index in [2.05, 4.69) is 20.8 Å². The van der Waals surface area contributed by atoms with E-state index in [9.17, 15) is 4.79 Å². The lowest BCUT2D eigenvalue weighted by atomic mass is 9.89. The average Bonchev–Trinajstić information content (AvgIpc) is 2.34. The van der Waals surface area contributed by atoms with Gasteiger partial charge in [-0.25, -0.2) is 0 Å². The van der Waals surface area contributed by atoms with Crippen LogP contribution in [0.2, 0.25) is 0 Å². The molecule has 0 aliphatic heterocycles. The number of hydrogen-bond donors (Lipinski definition) is 0. The van der Waals surface area contributed by atoms with Gasteiger partial charge in [-0.2, -0.15) is 0 Å². The summed E-state index contributed by atoms with van der Waals surface area (Å²) in [5.74, 6) is 0.483. The van der Waals surface area contributed by atoms with Gasteiger partial charge in [0.1, 0.15) is 5.75 Å². The molecule has 1 rings (SSSR count). The van der Waals surface area contributed by atoms with Crippen molar-refractivity contribution in [2.45, 2.75) is 53.4 Å². The fraction of sp³-hybridized carbons (Fsp3) is 0.588. The second-order valence-corrected chi connectivity index (χ2v) is 6.44. The van der Waals surface area contributed by atoms with Gasteiger partial charge in [-0.3, -0.25) is 4.79 Å². The third-order valence-electron chi connectivity index (χ3n) is 3.18. The van der Waals surface area contributed by atoms with Crippen molar-refractivity contribution in [3.63, 3.8) is 0 Å². The van der Waals surface area contributed by atoms with Crippen molar-refractivity contribution in [1.29, 1.82) is 0 Å². The van der Waals surface area contributed by atoms with Crippen LogP contribution in [0.1, 0.15) is 53.4 Å². The molecule has 0 aliphatic rings. The van der Waals surface area contributed by atoms with Crippen LogP contribution in [-0.4, -0.2) is 5.97 Å². The van der Waals surface area contributed by atoms with Crippen LogP contribution in [0.5, 0.6) is 5.75 Å². The van der Waals surface area contributed by atoms with Gasteiger partial charge >= 0.3 is 5.97 Å². The highest BCUT2D eigenvalue weighted by Crippen LogP contribution is 2.23. The van der Waals surface area contributed by atoms with E-state index in [0.717, 1.165) is 12.8 Å². The van der Waals surface area contributed by atoms with Crippen molar-refractivity contribution in [3.8, 4) is 5.75 Å². The Balaban J connectivity index is 2.26. The van der Waals surface area contributed by atoms with Crippen LogP contribution in [0.3, 0.4) is 0 Å². The van der Waals surface area contributed by atoms with Gasteiger partial charge in [-0.05, 0) is 30.4 Å².